The van der Waals surface area contributed by atoms with E-state index in [1.165, 1.54) is 17.5 Å². The van der Waals surface area contributed by atoms with E-state index >= 15 is 0 Å². The predicted octanol–water partition coefficient (Wildman–Crippen LogP) is 4.18. The third-order valence-electron chi connectivity index (χ3n) is 6.30. The maximum atomic E-state index is 13.1. The average molecular weight is 387 g/mol. The zero-order valence-corrected chi connectivity index (χ0v) is 16.4. The summed E-state index contributed by atoms with van der Waals surface area (Å²) in [7, 11) is 0. The Morgan fingerprint density at radius 1 is 1.07 bits per heavy atom. The minimum absolute atomic E-state index is 0.0468. The van der Waals surface area contributed by atoms with Crippen molar-refractivity contribution in [2.24, 2.45) is 0 Å². The summed E-state index contributed by atoms with van der Waals surface area (Å²) in [6, 6.07) is 13.8. The number of carbonyl (C=O) groups excluding carboxylic acids is 2. The molecule has 1 aliphatic heterocycles. The molecule has 1 atom stereocenters. The van der Waals surface area contributed by atoms with Crippen LogP contribution in [0.5, 0.6) is 0 Å². The van der Waals surface area contributed by atoms with Gasteiger partial charge in [-0.3, -0.25) is 9.59 Å². The molecule has 2 aliphatic rings. The van der Waals surface area contributed by atoms with Gasteiger partial charge >= 0.3 is 0 Å². The van der Waals surface area contributed by atoms with Crippen LogP contribution in [-0.2, 0) is 29.0 Å². The molecule has 5 heteroatoms. The van der Waals surface area contributed by atoms with Crippen LogP contribution in [0.4, 0.5) is 5.69 Å². The molecule has 148 valence electrons. The van der Waals surface area contributed by atoms with Crippen LogP contribution >= 0.6 is 0 Å². The van der Waals surface area contributed by atoms with E-state index in [1.807, 2.05) is 42.6 Å². The maximum Gasteiger partial charge on any atom is 0.247 e. The number of rotatable bonds is 4. The monoisotopic (exact) mass is 387 g/mol. The molecule has 1 saturated heterocycles. The van der Waals surface area contributed by atoms with Crippen molar-refractivity contribution in [3.8, 4) is 0 Å². The Bertz CT molecular complexity index is 1080. The van der Waals surface area contributed by atoms with Crippen molar-refractivity contribution in [2.75, 3.05) is 5.32 Å². The smallest absolute Gasteiger partial charge is 0.247 e. The van der Waals surface area contributed by atoms with Crippen molar-refractivity contribution in [1.29, 1.82) is 0 Å². The molecule has 1 aliphatic carbocycles. The summed E-state index contributed by atoms with van der Waals surface area (Å²) in [6.45, 7) is 0.452. The molecular weight excluding hydrogens is 362 g/mol. The number of carbonyl (C=O) groups is 2. The van der Waals surface area contributed by atoms with Crippen molar-refractivity contribution >= 4 is 28.4 Å². The van der Waals surface area contributed by atoms with Gasteiger partial charge in [-0.2, -0.15) is 0 Å². The number of fused-ring (bicyclic) bond motifs is 2. The molecule has 2 N–H and O–H groups in total. The molecule has 1 aromatic heterocycles. The van der Waals surface area contributed by atoms with Crippen molar-refractivity contribution in [3.63, 3.8) is 0 Å². The Labute approximate surface area is 170 Å². The van der Waals surface area contributed by atoms with E-state index in [4.69, 9.17) is 0 Å². The second-order valence-electron chi connectivity index (χ2n) is 8.08. The number of aromatic amines is 1. The van der Waals surface area contributed by atoms with Gasteiger partial charge in [-0.05, 0) is 60.9 Å². The Morgan fingerprint density at radius 2 is 1.93 bits per heavy atom. The SMILES string of the molecule is O=C(Nc1cccc2c1CCCC2)C1CCC(=O)N1Cc1c[nH]c2ccccc12. The zero-order valence-electron chi connectivity index (χ0n) is 16.4. The van der Waals surface area contributed by atoms with Crippen LogP contribution in [0.25, 0.3) is 10.9 Å². The third-order valence-corrected chi connectivity index (χ3v) is 6.30. The highest BCUT2D eigenvalue weighted by atomic mass is 16.2. The fourth-order valence-electron chi connectivity index (χ4n) is 4.76. The van der Waals surface area contributed by atoms with Crippen LogP contribution in [-0.4, -0.2) is 27.7 Å². The number of H-pyrrole nitrogens is 1. The van der Waals surface area contributed by atoms with Crippen LogP contribution in [0.3, 0.4) is 0 Å². The molecule has 2 aromatic carbocycles. The zero-order chi connectivity index (χ0) is 19.8. The standard InChI is InChI=1S/C24H25N3O2/c28-23-13-12-22(27(23)15-17-14-25-20-10-4-3-9-19(17)20)24(29)26-21-11-5-7-16-6-1-2-8-18(16)21/h3-5,7,9-11,14,22,25H,1-2,6,8,12-13,15H2,(H,26,29). The number of amides is 2. The Balaban J connectivity index is 1.37. The highest BCUT2D eigenvalue weighted by Crippen LogP contribution is 2.30. The number of hydrogen-bond donors (Lipinski definition) is 2. The van der Waals surface area contributed by atoms with E-state index < -0.39 is 6.04 Å². The number of likely N-dealkylation sites (tertiary alicyclic amines) is 1. The second-order valence-corrected chi connectivity index (χ2v) is 8.08. The first-order chi connectivity index (χ1) is 14.2. The van der Waals surface area contributed by atoms with E-state index in [1.54, 1.807) is 4.90 Å². The minimum Gasteiger partial charge on any atom is -0.361 e. The number of aromatic nitrogens is 1. The first kappa shape index (κ1) is 18.0. The topological polar surface area (TPSA) is 65.2 Å². The fourth-order valence-corrected chi connectivity index (χ4v) is 4.76. The lowest BCUT2D eigenvalue weighted by Gasteiger charge is -2.25. The number of nitrogens with one attached hydrogen (secondary N) is 2. The molecular formula is C24H25N3O2. The Kier molecular flexibility index (Phi) is 4.58. The van der Waals surface area contributed by atoms with Gasteiger partial charge in [0, 0.05) is 35.8 Å². The number of aryl methyl sites for hydroxylation is 1. The summed E-state index contributed by atoms with van der Waals surface area (Å²) in [5, 5.41) is 4.24. The van der Waals surface area contributed by atoms with Gasteiger partial charge in [0.15, 0.2) is 0 Å². The largest absolute Gasteiger partial charge is 0.361 e. The van der Waals surface area contributed by atoms with Gasteiger partial charge in [-0.1, -0.05) is 30.3 Å². The molecule has 3 aromatic rings. The molecule has 29 heavy (non-hydrogen) atoms. The van der Waals surface area contributed by atoms with E-state index in [9.17, 15) is 9.59 Å². The molecule has 2 heterocycles. The van der Waals surface area contributed by atoms with Crippen LogP contribution in [0.1, 0.15) is 42.4 Å². The molecule has 0 saturated carbocycles. The number of para-hydroxylation sites is 1. The average Bonchev–Trinajstić information content (AvgIpc) is 3.33. The summed E-state index contributed by atoms with van der Waals surface area (Å²) in [5.74, 6) is -0.0276. The fraction of sp³-hybridized carbons (Fsp3) is 0.333. The third kappa shape index (κ3) is 3.31. The van der Waals surface area contributed by atoms with Crippen LogP contribution < -0.4 is 5.32 Å². The lowest BCUT2D eigenvalue weighted by Crippen LogP contribution is -2.41. The van der Waals surface area contributed by atoms with Crippen molar-refractivity contribution < 1.29 is 9.59 Å². The maximum absolute atomic E-state index is 13.1. The molecule has 0 spiro atoms. The van der Waals surface area contributed by atoms with Gasteiger partial charge in [-0.25, -0.2) is 0 Å². The number of nitrogens with zero attached hydrogens (tertiary/aromatic N) is 1. The Hall–Kier alpha value is -3.08. The summed E-state index contributed by atoms with van der Waals surface area (Å²) in [4.78, 5) is 30.7. The molecule has 2 amide bonds. The van der Waals surface area contributed by atoms with Crippen LogP contribution in [0.15, 0.2) is 48.7 Å². The van der Waals surface area contributed by atoms with Crippen molar-refractivity contribution in [3.05, 3.63) is 65.4 Å². The lowest BCUT2D eigenvalue weighted by molar-refractivity contribution is -0.133. The first-order valence-electron chi connectivity index (χ1n) is 10.5. The lowest BCUT2D eigenvalue weighted by atomic mass is 9.90. The second kappa shape index (κ2) is 7.39. The quantitative estimate of drug-likeness (QED) is 0.705. The van der Waals surface area contributed by atoms with E-state index in [2.05, 4.69) is 16.4 Å². The van der Waals surface area contributed by atoms with Crippen molar-refractivity contribution in [2.45, 2.75) is 51.1 Å². The van der Waals surface area contributed by atoms with Crippen LogP contribution in [0.2, 0.25) is 0 Å². The predicted molar refractivity (Wildman–Crippen MR) is 114 cm³/mol. The van der Waals surface area contributed by atoms with E-state index in [0.717, 1.165) is 41.4 Å². The summed E-state index contributed by atoms with van der Waals surface area (Å²) in [6.07, 6.45) is 7.39. The molecule has 5 rings (SSSR count). The highest BCUT2D eigenvalue weighted by molar-refractivity contribution is 5.99. The van der Waals surface area contributed by atoms with Gasteiger partial charge < -0.3 is 15.2 Å². The molecule has 1 unspecified atom stereocenters. The number of anilines is 1. The molecule has 0 bridgehead atoms. The number of benzene rings is 2. The van der Waals surface area contributed by atoms with E-state index in [0.29, 0.717) is 19.4 Å². The van der Waals surface area contributed by atoms with Gasteiger partial charge in [-0.15, -0.1) is 0 Å². The summed E-state index contributed by atoms with van der Waals surface area (Å²) >= 11 is 0. The molecule has 1 fully saturated rings. The number of hydrogen-bond acceptors (Lipinski definition) is 2. The van der Waals surface area contributed by atoms with Crippen molar-refractivity contribution in [1.82, 2.24) is 9.88 Å². The highest BCUT2D eigenvalue weighted by Gasteiger charge is 2.36. The minimum atomic E-state index is -0.421. The van der Waals surface area contributed by atoms with Gasteiger partial charge in [0.25, 0.3) is 0 Å². The first-order valence-corrected chi connectivity index (χ1v) is 10.5. The molecule has 0 radical (unpaired) electrons. The summed E-state index contributed by atoms with van der Waals surface area (Å²) in [5.41, 5.74) is 5.61. The summed E-state index contributed by atoms with van der Waals surface area (Å²) < 4.78 is 0. The van der Waals surface area contributed by atoms with Gasteiger partial charge in [0.2, 0.25) is 11.8 Å². The normalized spacial score (nSPS) is 18.8. The van der Waals surface area contributed by atoms with Gasteiger partial charge in [0.1, 0.15) is 6.04 Å². The van der Waals surface area contributed by atoms with Crippen LogP contribution in [0, 0.1) is 0 Å². The van der Waals surface area contributed by atoms with Gasteiger partial charge in [0.05, 0.1) is 0 Å². The Morgan fingerprint density at radius 3 is 2.86 bits per heavy atom. The molecule has 5 nitrogen and oxygen atoms in total. The van der Waals surface area contributed by atoms with E-state index in [-0.39, 0.29) is 11.8 Å².